The van der Waals surface area contributed by atoms with Crippen LogP contribution < -0.4 is 10.4 Å². The molecular weight excluding hydrogens is 292 g/mol. The first kappa shape index (κ1) is 16.5. The van der Waals surface area contributed by atoms with Gasteiger partial charge in [-0.3, -0.25) is 0 Å². The van der Waals surface area contributed by atoms with E-state index in [2.05, 4.69) is 0 Å². The van der Waals surface area contributed by atoms with E-state index in [1.54, 1.807) is 0 Å². The third-order valence-corrected chi connectivity index (χ3v) is 6.01. The van der Waals surface area contributed by atoms with E-state index >= 15 is 0 Å². The molecule has 22 heavy (non-hydrogen) atoms. The van der Waals surface area contributed by atoms with Crippen LogP contribution in [0.15, 0.2) is 60.7 Å². The number of hydrogen-bond donors (Lipinski definition) is 1. The molecule has 1 N–H and O–H groups in total. The fourth-order valence-corrected chi connectivity index (χ4v) is 5.01. The zero-order chi connectivity index (χ0) is 16.2. The van der Waals surface area contributed by atoms with Crippen LogP contribution in [0.1, 0.15) is 20.8 Å². The van der Waals surface area contributed by atoms with Gasteiger partial charge in [0, 0.05) is 0 Å². The highest BCUT2D eigenvalue weighted by molar-refractivity contribution is 6.80. The van der Waals surface area contributed by atoms with Crippen molar-refractivity contribution < 1.29 is 14.3 Å². The number of carboxylic acid groups (broad SMARTS) is 1. The van der Waals surface area contributed by atoms with E-state index in [1.165, 1.54) is 0 Å². The number of rotatable bonds is 5. The van der Waals surface area contributed by atoms with Gasteiger partial charge in [0.15, 0.2) is 0 Å². The van der Waals surface area contributed by atoms with Crippen LogP contribution in [0, 0.1) is 5.41 Å². The molecule has 3 nitrogen and oxygen atoms in total. The van der Waals surface area contributed by atoms with Crippen molar-refractivity contribution in [2.45, 2.75) is 26.9 Å². The lowest BCUT2D eigenvalue weighted by atomic mass is 9.89. The minimum Gasteiger partial charge on any atom is -0.479 e. The minimum absolute atomic E-state index is 0.458. The molecule has 1 atom stereocenters. The Labute approximate surface area is 133 Å². The van der Waals surface area contributed by atoms with Crippen LogP contribution in [-0.4, -0.2) is 26.2 Å². The summed E-state index contributed by atoms with van der Waals surface area (Å²) in [6.45, 7) is 5.69. The summed E-state index contributed by atoms with van der Waals surface area (Å²) in [4.78, 5) is 11.6. The standard InChI is InChI=1S/C18H22O3Si/c1-18(2,3)16(17(19)20)21-22(14-10-6-4-7-11-14)15-12-8-5-9-13-15/h4-13,16,22H,1-3H3,(H,19,20). The first-order chi connectivity index (χ1) is 10.4. The fourth-order valence-electron chi connectivity index (χ4n) is 2.37. The Bertz CT molecular complexity index is 566. The monoisotopic (exact) mass is 314 g/mol. The Hall–Kier alpha value is -1.91. The average Bonchev–Trinajstić information content (AvgIpc) is 2.48. The second kappa shape index (κ2) is 6.90. The topological polar surface area (TPSA) is 46.5 Å². The zero-order valence-electron chi connectivity index (χ0n) is 13.2. The van der Waals surface area contributed by atoms with Crippen molar-refractivity contribution in [1.82, 2.24) is 0 Å². The smallest absolute Gasteiger partial charge is 0.332 e. The molecule has 0 aliphatic carbocycles. The molecule has 0 aliphatic heterocycles. The molecule has 0 saturated heterocycles. The van der Waals surface area contributed by atoms with Crippen molar-refractivity contribution in [2.24, 2.45) is 5.41 Å². The van der Waals surface area contributed by atoms with Crippen LogP contribution in [0.25, 0.3) is 0 Å². The molecule has 0 aromatic heterocycles. The van der Waals surface area contributed by atoms with Gasteiger partial charge in [0.25, 0.3) is 0 Å². The summed E-state index contributed by atoms with van der Waals surface area (Å²) < 4.78 is 6.19. The molecule has 0 fully saturated rings. The molecule has 0 spiro atoms. The van der Waals surface area contributed by atoms with E-state index in [1.807, 2.05) is 81.4 Å². The van der Waals surface area contributed by atoms with Crippen molar-refractivity contribution in [3.63, 3.8) is 0 Å². The number of benzene rings is 2. The van der Waals surface area contributed by atoms with Gasteiger partial charge < -0.3 is 9.53 Å². The van der Waals surface area contributed by atoms with Gasteiger partial charge in [-0.1, -0.05) is 81.4 Å². The summed E-state index contributed by atoms with van der Waals surface area (Å²) in [5.41, 5.74) is -0.458. The van der Waals surface area contributed by atoms with Crippen LogP contribution >= 0.6 is 0 Å². The highest BCUT2D eigenvalue weighted by Crippen LogP contribution is 2.23. The van der Waals surface area contributed by atoms with Gasteiger partial charge in [-0.25, -0.2) is 4.79 Å². The van der Waals surface area contributed by atoms with Gasteiger partial charge in [0.2, 0.25) is 9.04 Å². The van der Waals surface area contributed by atoms with Crippen molar-refractivity contribution in [2.75, 3.05) is 0 Å². The van der Waals surface area contributed by atoms with E-state index in [4.69, 9.17) is 4.43 Å². The van der Waals surface area contributed by atoms with Crippen molar-refractivity contribution in [3.05, 3.63) is 60.7 Å². The lowest BCUT2D eigenvalue weighted by Gasteiger charge is -2.31. The molecule has 0 radical (unpaired) electrons. The molecule has 2 rings (SSSR count). The highest BCUT2D eigenvalue weighted by Gasteiger charge is 2.35. The maximum atomic E-state index is 11.6. The number of carboxylic acids is 1. The third kappa shape index (κ3) is 4.05. The van der Waals surface area contributed by atoms with E-state index in [0.717, 1.165) is 10.4 Å². The predicted molar refractivity (Wildman–Crippen MR) is 91.3 cm³/mol. The van der Waals surface area contributed by atoms with Gasteiger partial charge >= 0.3 is 5.97 Å². The summed E-state index contributed by atoms with van der Waals surface area (Å²) >= 11 is 0. The molecule has 116 valence electrons. The van der Waals surface area contributed by atoms with E-state index in [9.17, 15) is 9.90 Å². The first-order valence-corrected chi connectivity index (χ1v) is 9.00. The van der Waals surface area contributed by atoms with Crippen LogP contribution in [0.2, 0.25) is 0 Å². The Kier molecular flexibility index (Phi) is 5.16. The van der Waals surface area contributed by atoms with Crippen LogP contribution in [-0.2, 0) is 9.22 Å². The normalized spacial score (nSPS) is 13.1. The Balaban J connectivity index is 2.39. The molecule has 0 heterocycles. The van der Waals surface area contributed by atoms with E-state index in [-0.39, 0.29) is 0 Å². The van der Waals surface area contributed by atoms with Crippen LogP contribution in [0.4, 0.5) is 0 Å². The van der Waals surface area contributed by atoms with E-state index < -0.39 is 26.5 Å². The number of hydrogen-bond acceptors (Lipinski definition) is 2. The van der Waals surface area contributed by atoms with Gasteiger partial charge in [-0.15, -0.1) is 0 Å². The molecule has 0 bridgehead atoms. The Morgan fingerprint density at radius 2 is 1.36 bits per heavy atom. The van der Waals surface area contributed by atoms with Gasteiger partial charge in [-0.2, -0.15) is 0 Å². The Morgan fingerprint density at radius 3 is 1.68 bits per heavy atom. The summed E-state index contributed by atoms with van der Waals surface area (Å²) in [5, 5.41) is 11.7. The van der Waals surface area contributed by atoms with Gasteiger partial charge in [-0.05, 0) is 15.8 Å². The summed E-state index contributed by atoms with van der Waals surface area (Å²) in [6, 6.07) is 19.9. The third-order valence-electron chi connectivity index (χ3n) is 3.49. The molecule has 0 saturated carbocycles. The van der Waals surface area contributed by atoms with Gasteiger partial charge in [0.1, 0.15) is 6.10 Å². The maximum absolute atomic E-state index is 11.6. The van der Waals surface area contributed by atoms with Gasteiger partial charge in [0.05, 0.1) is 0 Å². The molecule has 2 aromatic rings. The minimum atomic E-state index is -2.05. The van der Waals surface area contributed by atoms with Crippen LogP contribution in [0.3, 0.4) is 0 Å². The van der Waals surface area contributed by atoms with Crippen LogP contribution in [0.5, 0.6) is 0 Å². The summed E-state index contributed by atoms with van der Waals surface area (Å²) in [5.74, 6) is -0.906. The molecule has 1 unspecified atom stereocenters. The second-order valence-corrected chi connectivity index (χ2v) is 8.79. The molecule has 0 amide bonds. The largest absolute Gasteiger partial charge is 0.479 e. The van der Waals surface area contributed by atoms with Crippen molar-refractivity contribution in [3.8, 4) is 0 Å². The molecule has 2 aromatic carbocycles. The zero-order valence-corrected chi connectivity index (χ0v) is 14.3. The lowest BCUT2D eigenvalue weighted by molar-refractivity contribution is -0.150. The number of aliphatic carboxylic acids is 1. The maximum Gasteiger partial charge on any atom is 0.332 e. The first-order valence-electron chi connectivity index (χ1n) is 7.38. The molecular formula is C18H22O3Si. The predicted octanol–water partition coefficient (Wildman–Crippen LogP) is 2.04. The summed E-state index contributed by atoms with van der Waals surface area (Å²) in [6.07, 6.45) is -0.829. The fraction of sp³-hybridized carbons (Fsp3) is 0.278. The highest BCUT2D eigenvalue weighted by atomic mass is 28.3. The average molecular weight is 314 g/mol. The Morgan fingerprint density at radius 1 is 0.955 bits per heavy atom. The SMILES string of the molecule is CC(C)(C)C(O[SiH](c1ccccc1)c1ccccc1)C(=O)O. The summed E-state index contributed by atoms with van der Waals surface area (Å²) in [7, 11) is -2.05. The van der Waals surface area contributed by atoms with Crippen molar-refractivity contribution in [1.29, 1.82) is 0 Å². The van der Waals surface area contributed by atoms with Crippen molar-refractivity contribution >= 4 is 25.4 Å². The lowest BCUT2D eigenvalue weighted by Crippen LogP contribution is -2.51. The molecule has 4 heteroatoms. The second-order valence-electron chi connectivity index (χ2n) is 6.42. The quantitative estimate of drug-likeness (QED) is 0.859. The van der Waals surface area contributed by atoms with E-state index in [0.29, 0.717) is 0 Å². The number of carbonyl (C=O) groups is 1. The molecule has 0 aliphatic rings.